The van der Waals surface area contributed by atoms with Gasteiger partial charge in [0.25, 0.3) is 5.91 Å². The van der Waals surface area contributed by atoms with Crippen molar-refractivity contribution in [2.75, 3.05) is 24.6 Å². The molecule has 198 valence electrons. The minimum absolute atomic E-state index is 0.186. The Bertz CT molecular complexity index is 1110. The molecule has 0 aromatic carbocycles. The fourth-order valence-electron chi connectivity index (χ4n) is 5.19. The molecule has 36 heavy (non-hydrogen) atoms. The molecule has 1 amide bonds. The molecule has 2 aromatic heterocycles. The van der Waals surface area contributed by atoms with Crippen LogP contribution >= 0.6 is 0 Å². The van der Waals surface area contributed by atoms with Crippen LogP contribution < -0.4 is 25.4 Å². The second-order valence-corrected chi connectivity index (χ2v) is 11.5. The third-order valence-corrected chi connectivity index (χ3v) is 7.09. The largest absolute Gasteiger partial charge is 0.755 e. The summed E-state index contributed by atoms with van der Waals surface area (Å²) in [5.41, 5.74) is 5.98. The van der Waals surface area contributed by atoms with Gasteiger partial charge in [-0.1, -0.05) is 13.8 Å². The van der Waals surface area contributed by atoms with Gasteiger partial charge in [0.1, 0.15) is 5.82 Å². The van der Waals surface area contributed by atoms with Crippen molar-refractivity contribution in [3.8, 4) is 11.7 Å². The van der Waals surface area contributed by atoms with Gasteiger partial charge in [0.05, 0.1) is 12.2 Å². The number of carbonyl (C=O) groups is 1. The first-order chi connectivity index (χ1) is 17.0. The summed E-state index contributed by atoms with van der Waals surface area (Å²) in [5.74, 6) is 1.44. The van der Waals surface area contributed by atoms with Crippen molar-refractivity contribution in [1.29, 1.82) is 0 Å². The van der Waals surface area contributed by atoms with E-state index in [1.807, 2.05) is 4.72 Å². The van der Waals surface area contributed by atoms with Gasteiger partial charge in [-0.3, -0.25) is 13.7 Å². The molecule has 0 saturated carbocycles. The molecule has 2 unspecified atom stereocenters. The Balaban J connectivity index is 1.63. The highest BCUT2D eigenvalue weighted by Gasteiger charge is 2.42. The lowest BCUT2D eigenvalue weighted by Crippen LogP contribution is -2.40. The second-order valence-electron chi connectivity index (χ2n) is 10.8. The number of rotatable bonds is 9. The zero-order valence-electron chi connectivity index (χ0n) is 21.3. The maximum Gasteiger partial charge on any atom is 0.265 e. The lowest BCUT2D eigenvalue weighted by atomic mass is 9.91. The van der Waals surface area contributed by atoms with Gasteiger partial charge in [-0.15, -0.1) is 5.10 Å². The number of nitrogens with zero attached hydrogens (tertiary/aromatic N) is 4. The maximum absolute atomic E-state index is 12.8. The molecule has 4 atom stereocenters. The van der Waals surface area contributed by atoms with Gasteiger partial charge in [-0.2, -0.15) is 0 Å². The van der Waals surface area contributed by atoms with E-state index in [9.17, 15) is 13.6 Å². The van der Waals surface area contributed by atoms with Crippen LogP contribution in [-0.2, 0) is 11.3 Å². The summed E-state index contributed by atoms with van der Waals surface area (Å²) < 4.78 is 31.7. The van der Waals surface area contributed by atoms with Crippen LogP contribution in [0.4, 0.5) is 5.82 Å². The number of amides is 1. The van der Waals surface area contributed by atoms with Gasteiger partial charge in [-0.05, 0) is 57.1 Å². The predicted molar refractivity (Wildman–Crippen MR) is 137 cm³/mol. The number of pyridine rings is 1. The molecule has 4 heterocycles. The molecule has 0 bridgehead atoms. The molecule has 2 aliphatic heterocycles. The quantitative estimate of drug-likeness (QED) is 0.420. The lowest BCUT2D eigenvalue weighted by molar-refractivity contribution is 0.0980. The summed E-state index contributed by atoms with van der Waals surface area (Å²) in [7, 11) is 0. The Morgan fingerprint density at radius 3 is 2.83 bits per heavy atom. The molecule has 2 aliphatic rings. The van der Waals surface area contributed by atoms with Gasteiger partial charge in [0.2, 0.25) is 5.88 Å². The van der Waals surface area contributed by atoms with Crippen LogP contribution in [0.5, 0.6) is 5.88 Å². The summed E-state index contributed by atoms with van der Waals surface area (Å²) >= 11 is -2.73. The van der Waals surface area contributed by atoms with Crippen molar-refractivity contribution < 1.29 is 18.3 Å². The number of nitrogens with one attached hydrogen (secondary N) is 2. The number of carbonyl (C=O) groups excluding carboxylic acids is 1. The molecule has 12 heteroatoms. The molecule has 0 radical (unpaired) electrons. The highest BCUT2D eigenvalue weighted by molar-refractivity contribution is 7.77. The van der Waals surface area contributed by atoms with Crippen molar-refractivity contribution in [3.63, 3.8) is 0 Å². The molecule has 2 aromatic rings. The number of nitrogens with two attached hydrogens (primary N) is 1. The number of aromatic nitrogens is 3. The summed E-state index contributed by atoms with van der Waals surface area (Å²) in [4.78, 5) is 19.7. The maximum atomic E-state index is 12.8. The SMILES string of the molecule is CC(C)COc1ccn(-c2ccc(C(=O)NS(=O)[O-])c(N3C[C@@H](CC4C[C@@H](N)CN4)CC3(C)C)n2)n1. The minimum Gasteiger partial charge on any atom is -0.755 e. The normalized spacial score (nSPS) is 24.3. The fraction of sp³-hybridized carbons (Fsp3) is 0.625. The first-order valence-electron chi connectivity index (χ1n) is 12.4. The summed E-state index contributed by atoms with van der Waals surface area (Å²) in [6.07, 6.45) is 4.60. The second kappa shape index (κ2) is 10.8. The topological polar surface area (TPSA) is 150 Å². The van der Waals surface area contributed by atoms with Crippen LogP contribution in [-0.4, -0.2) is 66.8 Å². The summed E-state index contributed by atoms with van der Waals surface area (Å²) in [6.45, 7) is 10.4. The summed E-state index contributed by atoms with van der Waals surface area (Å²) in [6, 6.07) is 5.57. The number of anilines is 1. The Hall–Kier alpha value is -2.54. The van der Waals surface area contributed by atoms with Crippen molar-refractivity contribution in [1.82, 2.24) is 24.8 Å². The van der Waals surface area contributed by atoms with Gasteiger partial charge in [0, 0.05) is 54.2 Å². The van der Waals surface area contributed by atoms with E-state index >= 15 is 0 Å². The third kappa shape index (κ3) is 6.23. The standard InChI is InChI=1S/C24H37N7O4S/c1-15(2)14-35-21-7-8-31(28-21)20-6-5-19(23(32)29-36(33)34)22(27-20)30-13-16(11-24(30,3)4)9-18-10-17(25)12-26-18/h5-8,15-18,26H,9-14,25H2,1-4H3,(H,29,32)(H,33,34)/p-1/t16-,17+,18?/m0/s1. The van der Waals surface area contributed by atoms with Crippen LogP contribution in [0.3, 0.4) is 0 Å². The number of hydrogen-bond donors (Lipinski definition) is 3. The monoisotopic (exact) mass is 518 g/mol. The molecule has 11 nitrogen and oxygen atoms in total. The lowest BCUT2D eigenvalue weighted by Gasteiger charge is -2.34. The van der Waals surface area contributed by atoms with E-state index < -0.39 is 17.2 Å². The molecule has 4 rings (SSSR count). The van der Waals surface area contributed by atoms with E-state index in [1.54, 1.807) is 29.1 Å². The van der Waals surface area contributed by atoms with Crippen LogP contribution in [0, 0.1) is 11.8 Å². The molecule has 4 N–H and O–H groups in total. The molecular weight excluding hydrogens is 482 g/mol. The van der Waals surface area contributed by atoms with Crippen molar-refractivity contribution in [2.45, 2.75) is 64.6 Å². The van der Waals surface area contributed by atoms with Gasteiger partial charge < -0.3 is 25.2 Å². The Kier molecular flexibility index (Phi) is 7.98. The smallest absolute Gasteiger partial charge is 0.265 e. The van der Waals surface area contributed by atoms with Crippen molar-refractivity contribution >= 4 is 23.0 Å². The first kappa shape index (κ1) is 26.5. The molecule has 2 fully saturated rings. The number of hydrogen-bond acceptors (Lipinski definition) is 9. The van der Waals surface area contributed by atoms with Gasteiger partial charge >= 0.3 is 0 Å². The van der Waals surface area contributed by atoms with Gasteiger partial charge in [0.15, 0.2) is 5.82 Å². The number of ether oxygens (including phenoxy) is 1. The molecular formula is C24H36N7O4S-. The fourth-order valence-corrected chi connectivity index (χ4v) is 5.45. The molecule has 2 saturated heterocycles. The van der Waals surface area contributed by atoms with Crippen LogP contribution in [0.15, 0.2) is 24.4 Å². The van der Waals surface area contributed by atoms with E-state index in [4.69, 9.17) is 15.5 Å². The average molecular weight is 519 g/mol. The first-order valence-corrected chi connectivity index (χ1v) is 13.5. The molecule has 0 spiro atoms. The highest BCUT2D eigenvalue weighted by Crippen LogP contribution is 2.40. The molecule has 0 aliphatic carbocycles. The minimum atomic E-state index is -2.73. The van der Waals surface area contributed by atoms with E-state index in [-0.39, 0.29) is 17.1 Å². The van der Waals surface area contributed by atoms with E-state index in [2.05, 4.69) is 43.0 Å². The van der Waals surface area contributed by atoms with Crippen LogP contribution in [0.2, 0.25) is 0 Å². The van der Waals surface area contributed by atoms with Crippen LogP contribution in [0.25, 0.3) is 5.82 Å². The third-order valence-electron chi connectivity index (χ3n) is 6.73. The van der Waals surface area contributed by atoms with Crippen molar-refractivity contribution in [3.05, 3.63) is 30.0 Å². The Morgan fingerprint density at radius 1 is 1.39 bits per heavy atom. The zero-order valence-corrected chi connectivity index (χ0v) is 22.1. The summed E-state index contributed by atoms with van der Waals surface area (Å²) in [5, 5.41) is 7.97. The van der Waals surface area contributed by atoms with Crippen molar-refractivity contribution in [2.24, 2.45) is 17.6 Å². The Labute approximate surface area is 214 Å². The predicted octanol–water partition coefficient (Wildman–Crippen LogP) is 1.51. The van der Waals surface area contributed by atoms with E-state index in [0.717, 1.165) is 25.8 Å². The highest BCUT2D eigenvalue weighted by atomic mass is 32.2. The average Bonchev–Trinajstić information content (AvgIpc) is 3.50. The Morgan fingerprint density at radius 2 is 2.17 bits per heavy atom. The zero-order chi connectivity index (χ0) is 26.0. The van der Waals surface area contributed by atoms with Gasteiger partial charge in [-0.25, -0.2) is 9.67 Å². The van der Waals surface area contributed by atoms with E-state index in [1.165, 1.54) is 0 Å². The van der Waals surface area contributed by atoms with Crippen LogP contribution in [0.1, 0.15) is 57.3 Å². The van der Waals surface area contributed by atoms with E-state index in [0.29, 0.717) is 48.5 Å².